The van der Waals surface area contributed by atoms with E-state index in [1.807, 2.05) is 16.4 Å². The molecule has 6 nitrogen and oxygen atoms in total. The minimum absolute atomic E-state index is 0.0805. The van der Waals surface area contributed by atoms with Crippen molar-refractivity contribution >= 4 is 16.6 Å². The fraction of sp³-hybridized carbons (Fsp3) is 0.550. The number of hydrogen-bond donors (Lipinski definition) is 1. The summed E-state index contributed by atoms with van der Waals surface area (Å²) in [6, 6.07) is 2.91. The number of ether oxygens (including phenoxy) is 2. The smallest absolute Gasteiger partial charge is 0.189 e. The summed E-state index contributed by atoms with van der Waals surface area (Å²) >= 11 is 0. The molecule has 5 rings (SSSR count). The number of rotatable bonds is 1. The summed E-state index contributed by atoms with van der Waals surface area (Å²) in [5.41, 5.74) is 0.613. The first-order valence-electron chi connectivity index (χ1n) is 9.55. The first-order valence-corrected chi connectivity index (χ1v) is 9.55. The molecule has 1 aromatic carbocycles. The zero-order chi connectivity index (χ0) is 18.8. The monoisotopic (exact) mass is 374 g/mol. The van der Waals surface area contributed by atoms with E-state index in [4.69, 9.17) is 9.47 Å². The molecule has 4 heterocycles. The third-order valence-electron chi connectivity index (χ3n) is 6.22. The molecular weight excluding hydrogens is 351 g/mol. The molecule has 0 amide bonds. The number of anilines is 1. The number of aliphatic hydroxyl groups excluding tert-OH is 1. The van der Waals surface area contributed by atoms with Gasteiger partial charge in [-0.3, -0.25) is 4.79 Å². The standard InChI is InChI=1S/C20H23FN2O4/c1-12-10-26-19-17-14(16(25)2-5-23(12)17)8-15(21)18(19)22-6-3-20(4-7-22)9-13(24)11-27-20/h2,5,8,12-13,24H,3-4,6-7,9-11H2,1H3. The third-order valence-corrected chi connectivity index (χ3v) is 6.22. The molecular formula is C20H23FN2O4. The number of halogens is 1. The van der Waals surface area contributed by atoms with Crippen molar-refractivity contribution in [3.05, 3.63) is 34.4 Å². The molecule has 27 heavy (non-hydrogen) atoms. The van der Waals surface area contributed by atoms with Crippen molar-refractivity contribution in [3.8, 4) is 5.75 Å². The lowest BCUT2D eigenvalue weighted by molar-refractivity contribution is -0.0167. The molecule has 1 spiro atoms. The van der Waals surface area contributed by atoms with Crippen LogP contribution < -0.4 is 15.1 Å². The molecule has 7 heteroatoms. The molecule has 3 aliphatic heterocycles. The Morgan fingerprint density at radius 3 is 2.78 bits per heavy atom. The molecule has 2 aromatic rings. The first-order chi connectivity index (χ1) is 13.0. The topological polar surface area (TPSA) is 63.9 Å². The van der Waals surface area contributed by atoms with Gasteiger partial charge in [0.05, 0.1) is 35.3 Å². The van der Waals surface area contributed by atoms with Crippen LogP contribution in [0.5, 0.6) is 5.75 Å². The fourth-order valence-corrected chi connectivity index (χ4v) is 4.75. The van der Waals surface area contributed by atoms with E-state index in [2.05, 4.69) is 0 Å². The maximum atomic E-state index is 15.1. The quantitative estimate of drug-likeness (QED) is 0.829. The number of hydrogen-bond acceptors (Lipinski definition) is 5. The SMILES string of the molecule is CC1COc2c(N3CCC4(CC3)CC(O)CO4)c(F)cc3c(=O)ccn1c23. The van der Waals surface area contributed by atoms with Crippen molar-refractivity contribution in [1.29, 1.82) is 0 Å². The molecule has 2 unspecified atom stereocenters. The maximum Gasteiger partial charge on any atom is 0.189 e. The molecule has 144 valence electrons. The second-order valence-electron chi connectivity index (χ2n) is 8.02. The molecule has 3 aliphatic rings. The predicted molar refractivity (Wildman–Crippen MR) is 99.1 cm³/mol. The van der Waals surface area contributed by atoms with Gasteiger partial charge in [-0.25, -0.2) is 4.39 Å². The second kappa shape index (κ2) is 5.94. The highest BCUT2D eigenvalue weighted by Gasteiger charge is 2.43. The lowest BCUT2D eigenvalue weighted by atomic mass is 9.87. The molecule has 2 fully saturated rings. The zero-order valence-electron chi connectivity index (χ0n) is 15.3. The summed E-state index contributed by atoms with van der Waals surface area (Å²) in [4.78, 5) is 14.3. The van der Waals surface area contributed by atoms with Crippen molar-refractivity contribution < 1.29 is 19.0 Å². The summed E-state index contributed by atoms with van der Waals surface area (Å²) in [6.07, 6.45) is 3.47. The van der Waals surface area contributed by atoms with Gasteiger partial charge in [-0.15, -0.1) is 0 Å². The zero-order valence-corrected chi connectivity index (χ0v) is 15.3. The van der Waals surface area contributed by atoms with Gasteiger partial charge in [-0.2, -0.15) is 0 Å². The number of benzene rings is 1. The van der Waals surface area contributed by atoms with E-state index in [0.29, 0.717) is 55.1 Å². The summed E-state index contributed by atoms with van der Waals surface area (Å²) in [7, 11) is 0. The van der Waals surface area contributed by atoms with Crippen LogP contribution in [0.4, 0.5) is 10.1 Å². The van der Waals surface area contributed by atoms with E-state index >= 15 is 4.39 Å². The minimum atomic E-state index is -0.426. The Kier molecular flexibility index (Phi) is 3.74. The fourth-order valence-electron chi connectivity index (χ4n) is 4.75. The highest BCUT2D eigenvalue weighted by molar-refractivity contribution is 5.92. The van der Waals surface area contributed by atoms with E-state index in [0.717, 1.165) is 12.8 Å². The van der Waals surface area contributed by atoms with E-state index < -0.39 is 11.9 Å². The molecule has 2 saturated heterocycles. The van der Waals surface area contributed by atoms with Crippen LogP contribution in [-0.4, -0.2) is 47.7 Å². The predicted octanol–water partition coefficient (Wildman–Crippen LogP) is 2.21. The Morgan fingerprint density at radius 1 is 1.30 bits per heavy atom. The van der Waals surface area contributed by atoms with Gasteiger partial charge >= 0.3 is 0 Å². The van der Waals surface area contributed by atoms with Gasteiger partial charge in [0.1, 0.15) is 12.3 Å². The number of piperidine rings is 1. The normalized spacial score (nSPS) is 26.6. The summed E-state index contributed by atoms with van der Waals surface area (Å²) in [5.74, 6) is 0.0364. The molecule has 0 bridgehead atoms. The van der Waals surface area contributed by atoms with Crippen LogP contribution in [0.3, 0.4) is 0 Å². The summed E-state index contributed by atoms with van der Waals surface area (Å²) < 4.78 is 28.9. The van der Waals surface area contributed by atoms with Crippen LogP contribution in [0.1, 0.15) is 32.2 Å². The van der Waals surface area contributed by atoms with Crippen LogP contribution in [0.15, 0.2) is 23.1 Å². The average molecular weight is 374 g/mol. The largest absolute Gasteiger partial charge is 0.487 e. The van der Waals surface area contributed by atoms with Crippen LogP contribution >= 0.6 is 0 Å². The Hall–Kier alpha value is -2.12. The van der Waals surface area contributed by atoms with Crippen molar-refractivity contribution in [2.24, 2.45) is 0 Å². The van der Waals surface area contributed by atoms with Crippen molar-refractivity contribution in [2.45, 2.75) is 43.9 Å². The van der Waals surface area contributed by atoms with E-state index in [-0.39, 0.29) is 17.1 Å². The summed E-state index contributed by atoms with van der Waals surface area (Å²) in [5, 5.41) is 10.2. The van der Waals surface area contributed by atoms with Crippen molar-refractivity contribution in [3.63, 3.8) is 0 Å². The van der Waals surface area contributed by atoms with E-state index in [1.165, 1.54) is 12.1 Å². The lowest BCUT2D eigenvalue weighted by Gasteiger charge is -2.40. The van der Waals surface area contributed by atoms with Crippen LogP contribution in [0.25, 0.3) is 10.9 Å². The number of nitrogens with zero attached hydrogens (tertiary/aromatic N) is 2. The Bertz CT molecular complexity index is 965. The van der Waals surface area contributed by atoms with Crippen LogP contribution in [0, 0.1) is 5.82 Å². The Labute approximate surface area is 156 Å². The minimum Gasteiger partial charge on any atom is -0.487 e. The molecule has 2 atom stereocenters. The van der Waals surface area contributed by atoms with Gasteiger partial charge in [0.25, 0.3) is 0 Å². The Morgan fingerprint density at radius 2 is 2.07 bits per heavy atom. The third kappa shape index (κ3) is 2.56. The number of aliphatic hydroxyl groups is 1. The molecule has 0 saturated carbocycles. The van der Waals surface area contributed by atoms with E-state index in [1.54, 1.807) is 6.20 Å². The van der Waals surface area contributed by atoms with Gasteiger partial charge in [0.2, 0.25) is 0 Å². The molecule has 1 aromatic heterocycles. The molecule has 1 N–H and O–H groups in total. The highest BCUT2D eigenvalue weighted by Crippen LogP contribution is 2.44. The second-order valence-corrected chi connectivity index (χ2v) is 8.02. The van der Waals surface area contributed by atoms with Gasteiger partial charge in [0, 0.05) is 31.8 Å². The number of pyridine rings is 1. The van der Waals surface area contributed by atoms with Gasteiger partial charge in [-0.05, 0) is 25.8 Å². The number of aromatic nitrogens is 1. The van der Waals surface area contributed by atoms with Crippen molar-refractivity contribution in [2.75, 3.05) is 31.2 Å². The van der Waals surface area contributed by atoms with Crippen molar-refractivity contribution in [1.82, 2.24) is 4.57 Å². The summed E-state index contributed by atoms with van der Waals surface area (Å²) in [6.45, 7) is 4.08. The molecule has 0 radical (unpaired) electrons. The molecule has 0 aliphatic carbocycles. The van der Waals surface area contributed by atoms with Gasteiger partial charge in [0.15, 0.2) is 17.0 Å². The highest BCUT2D eigenvalue weighted by atomic mass is 19.1. The lowest BCUT2D eigenvalue weighted by Crippen LogP contribution is -2.45. The van der Waals surface area contributed by atoms with Crippen LogP contribution in [0.2, 0.25) is 0 Å². The van der Waals surface area contributed by atoms with E-state index in [9.17, 15) is 9.90 Å². The van der Waals surface area contributed by atoms with Crippen LogP contribution in [-0.2, 0) is 4.74 Å². The van der Waals surface area contributed by atoms with Gasteiger partial charge < -0.3 is 24.0 Å². The Balaban J connectivity index is 1.57. The van der Waals surface area contributed by atoms with Gasteiger partial charge in [-0.1, -0.05) is 0 Å². The first kappa shape index (κ1) is 17.0. The maximum absolute atomic E-state index is 15.1. The average Bonchev–Trinajstić information content (AvgIpc) is 3.01.